The Morgan fingerprint density at radius 1 is 1.25 bits per heavy atom. The standard InChI is InChI=1S/C12H27NO2S/c1-5-8-13-12(3)10-11(2)7-6-9-16(4,14)15/h11-13H,5-10H2,1-4H3. The van der Waals surface area contributed by atoms with E-state index in [9.17, 15) is 8.42 Å². The van der Waals surface area contributed by atoms with E-state index in [2.05, 4.69) is 26.1 Å². The zero-order valence-corrected chi connectivity index (χ0v) is 11.9. The van der Waals surface area contributed by atoms with Gasteiger partial charge in [-0.15, -0.1) is 0 Å². The van der Waals surface area contributed by atoms with Crippen LogP contribution >= 0.6 is 0 Å². The van der Waals surface area contributed by atoms with Crippen LogP contribution in [0.2, 0.25) is 0 Å². The third-order valence-corrected chi connectivity index (χ3v) is 3.74. The summed E-state index contributed by atoms with van der Waals surface area (Å²) < 4.78 is 21.9. The van der Waals surface area contributed by atoms with Crippen LogP contribution in [0.5, 0.6) is 0 Å². The molecule has 98 valence electrons. The van der Waals surface area contributed by atoms with Gasteiger partial charge in [0.1, 0.15) is 9.84 Å². The van der Waals surface area contributed by atoms with E-state index in [1.807, 2.05) is 0 Å². The molecule has 0 fully saturated rings. The van der Waals surface area contributed by atoms with E-state index < -0.39 is 9.84 Å². The molecule has 0 aromatic heterocycles. The molecular formula is C12H27NO2S. The lowest BCUT2D eigenvalue weighted by molar-refractivity contribution is 0.400. The maximum absolute atomic E-state index is 11.0. The van der Waals surface area contributed by atoms with Gasteiger partial charge in [-0.05, 0) is 45.1 Å². The molecular weight excluding hydrogens is 222 g/mol. The van der Waals surface area contributed by atoms with Gasteiger partial charge in [-0.1, -0.05) is 13.8 Å². The van der Waals surface area contributed by atoms with E-state index in [-0.39, 0.29) is 0 Å². The maximum atomic E-state index is 11.0. The molecule has 0 aromatic rings. The zero-order valence-electron chi connectivity index (χ0n) is 11.1. The summed E-state index contributed by atoms with van der Waals surface area (Å²) in [5, 5.41) is 3.45. The normalized spacial score (nSPS) is 16.0. The average molecular weight is 249 g/mol. The van der Waals surface area contributed by atoms with Gasteiger partial charge in [0.15, 0.2) is 0 Å². The van der Waals surface area contributed by atoms with Gasteiger partial charge in [-0.3, -0.25) is 0 Å². The predicted octanol–water partition coefficient (Wildman–Crippen LogP) is 2.23. The molecule has 0 aliphatic rings. The number of hydrogen-bond acceptors (Lipinski definition) is 3. The summed E-state index contributed by atoms with van der Waals surface area (Å²) in [6.07, 6.45) is 5.39. The van der Waals surface area contributed by atoms with Crippen molar-refractivity contribution in [1.82, 2.24) is 5.32 Å². The highest BCUT2D eigenvalue weighted by Gasteiger charge is 2.09. The molecule has 0 bridgehead atoms. The molecule has 0 rings (SSSR count). The Morgan fingerprint density at radius 3 is 2.38 bits per heavy atom. The minimum absolute atomic E-state index is 0.327. The van der Waals surface area contributed by atoms with Crippen LogP contribution in [0, 0.1) is 5.92 Å². The first kappa shape index (κ1) is 15.9. The molecule has 3 nitrogen and oxygen atoms in total. The first-order chi connectivity index (χ1) is 7.35. The van der Waals surface area contributed by atoms with Crippen molar-refractivity contribution in [2.45, 2.75) is 52.5 Å². The van der Waals surface area contributed by atoms with Crippen LogP contribution in [-0.2, 0) is 9.84 Å². The second-order valence-corrected chi connectivity index (χ2v) is 7.23. The maximum Gasteiger partial charge on any atom is 0.147 e. The molecule has 0 radical (unpaired) electrons. The molecule has 2 unspecified atom stereocenters. The first-order valence-corrected chi connectivity index (χ1v) is 8.32. The van der Waals surface area contributed by atoms with Gasteiger partial charge >= 0.3 is 0 Å². The Balaban J connectivity index is 3.61. The van der Waals surface area contributed by atoms with Crippen LogP contribution in [0.15, 0.2) is 0 Å². The van der Waals surface area contributed by atoms with Crippen LogP contribution in [0.1, 0.15) is 46.5 Å². The Morgan fingerprint density at radius 2 is 1.88 bits per heavy atom. The molecule has 0 spiro atoms. The summed E-state index contributed by atoms with van der Waals surface area (Å²) in [7, 11) is -2.78. The number of hydrogen-bond donors (Lipinski definition) is 1. The van der Waals surface area contributed by atoms with Crippen molar-refractivity contribution in [3.05, 3.63) is 0 Å². The SMILES string of the molecule is CCCNC(C)CC(C)CCCS(C)(=O)=O. The highest BCUT2D eigenvalue weighted by molar-refractivity contribution is 7.90. The minimum Gasteiger partial charge on any atom is -0.314 e. The fourth-order valence-electron chi connectivity index (χ4n) is 1.89. The van der Waals surface area contributed by atoms with Crippen LogP contribution < -0.4 is 5.32 Å². The monoisotopic (exact) mass is 249 g/mol. The van der Waals surface area contributed by atoms with E-state index in [0.717, 1.165) is 32.2 Å². The van der Waals surface area contributed by atoms with Crippen LogP contribution in [0.25, 0.3) is 0 Å². The second kappa shape index (κ2) is 8.07. The summed E-state index contributed by atoms with van der Waals surface area (Å²) in [5.41, 5.74) is 0. The lowest BCUT2D eigenvalue weighted by atomic mass is 9.98. The molecule has 0 aromatic carbocycles. The predicted molar refractivity (Wildman–Crippen MR) is 70.5 cm³/mol. The molecule has 1 N–H and O–H groups in total. The number of nitrogens with one attached hydrogen (secondary N) is 1. The molecule has 0 heterocycles. The molecule has 0 aliphatic carbocycles. The van der Waals surface area contributed by atoms with Gasteiger partial charge < -0.3 is 5.32 Å². The van der Waals surface area contributed by atoms with E-state index in [1.165, 1.54) is 6.26 Å². The molecule has 2 atom stereocenters. The van der Waals surface area contributed by atoms with Crippen molar-refractivity contribution in [1.29, 1.82) is 0 Å². The highest BCUT2D eigenvalue weighted by Crippen LogP contribution is 2.13. The highest BCUT2D eigenvalue weighted by atomic mass is 32.2. The number of sulfone groups is 1. The van der Waals surface area contributed by atoms with Gasteiger partial charge in [-0.25, -0.2) is 8.42 Å². The van der Waals surface area contributed by atoms with E-state index in [4.69, 9.17) is 0 Å². The first-order valence-electron chi connectivity index (χ1n) is 6.26. The molecule has 0 saturated heterocycles. The molecule has 0 saturated carbocycles. The summed E-state index contributed by atoms with van der Waals surface area (Å²) in [6, 6.07) is 0.535. The van der Waals surface area contributed by atoms with E-state index >= 15 is 0 Å². The van der Waals surface area contributed by atoms with Gasteiger partial charge in [0.05, 0.1) is 0 Å². The largest absolute Gasteiger partial charge is 0.314 e. The van der Waals surface area contributed by atoms with Gasteiger partial charge in [0, 0.05) is 18.1 Å². The second-order valence-electron chi connectivity index (χ2n) is 4.97. The van der Waals surface area contributed by atoms with Crippen LogP contribution in [0.4, 0.5) is 0 Å². The van der Waals surface area contributed by atoms with Gasteiger partial charge in [0.25, 0.3) is 0 Å². The fraction of sp³-hybridized carbons (Fsp3) is 1.00. The molecule has 16 heavy (non-hydrogen) atoms. The van der Waals surface area contributed by atoms with Crippen molar-refractivity contribution in [3.8, 4) is 0 Å². The Hall–Kier alpha value is -0.0900. The summed E-state index contributed by atoms with van der Waals surface area (Å²) in [6.45, 7) is 7.63. The lowest BCUT2D eigenvalue weighted by Gasteiger charge is -2.18. The third kappa shape index (κ3) is 10.4. The minimum atomic E-state index is -2.78. The average Bonchev–Trinajstić information content (AvgIpc) is 2.12. The van der Waals surface area contributed by atoms with Crippen molar-refractivity contribution in [2.24, 2.45) is 5.92 Å². The fourth-order valence-corrected chi connectivity index (χ4v) is 2.58. The van der Waals surface area contributed by atoms with Crippen LogP contribution in [0.3, 0.4) is 0 Å². The quantitative estimate of drug-likeness (QED) is 0.681. The number of rotatable bonds is 9. The smallest absolute Gasteiger partial charge is 0.147 e. The van der Waals surface area contributed by atoms with Crippen molar-refractivity contribution in [3.63, 3.8) is 0 Å². The summed E-state index contributed by atoms with van der Waals surface area (Å²) in [5.74, 6) is 0.926. The van der Waals surface area contributed by atoms with Gasteiger partial charge in [-0.2, -0.15) is 0 Å². The van der Waals surface area contributed by atoms with E-state index in [0.29, 0.717) is 17.7 Å². The van der Waals surface area contributed by atoms with Crippen molar-refractivity contribution in [2.75, 3.05) is 18.6 Å². The zero-order chi connectivity index (χ0) is 12.6. The Bertz CT molecular complexity index is 262. The van der Waals surface area contributed by atoms with Gasteiger partial charge in [0.2, 0.25) is 0 Å². The lowest BCUT2D eigenvalue weighted by Crippen LogP contribution is -2.28. The molecule has 0 aliphatic heterocycles. The third-order valence-electron chi connectivity index (χ3n) is 2.71. The molecule has 0 amide bonds. The topological polar surface area (TPSA) is 46.2 Å². The van der Waals surface area contributed by atoms with Crippen molar-refractivity contribution >= 4 is 9.84 Å². The Kier molecular flexibility index (Phi) is 8.02. The van der Waals surface area contributed by atoms with Crippen molar-refractivity contribution < 1.29 is 8.42 Å². The molecule has 4 heteroatoms. The summed E-state index contributed by atoms with van der Waals surface area (Å²) >= 11 is 0. The Labute approximate surface area is 101 Å². The summed E-state index contributed by atoms with van der Waals surface area (Å²) in [4.78, 5) is 0. The van der Waals surface area contributed by atoms with E-state index in [1.54, 1.807) is 0 Å². The van der Waals surface area contributed by atoms with Crippen LogP contribution in [-0.4, -0.2) is 33.0 Å².